The molecule has 4 aliphatic rings. The summed E-state index contributed by atoms with van der Waals surface area (Å²) in [6.45, 7) is 15.7. The number of anilines is 1. The van der Waals surface area contributed by atoms with E-state index in [0.717, 1.165) is 13.1 Å². The minimum atomic E-state index is -1.17. The number of fused-ring (bicyclic) bond motifs is 1. The van der Waals surface area contributed by atoms with E-state index >= 15 is 0 Å². The fraction of sp³-hybridized carbons (Fsp3) is 0.594. The van der Waals surface area contributed by atoms with Crippen LogP contribution in [0.15, 0.2) is 55.6 Å². The lowest BCUT2D eigenvalue weighted by Gasteiger charge is -2.39. The molecule has 2 bridgehead atoms. The number of aliphatic hydroxyl groups excluding tert-OH is 1. The van der Waals surface area contributed by atoms with Crippen LogP contribution >= 0.6 is 0 Å². The number of rotatable bonds is 12. The largest absolute Gasteiger partial charge is 0.394 e. The average Bonchev–Trinajstić information content (AvgIpc) is 3.58. The van der Waals surface area contributed by atoms with Crippen molar-refractivity contribution in [3.8, 4) is 0 Å². The maximum atomic E-state index is 14.5. The fourth-order valence-electron chi connectivity index (χ4n) is 7.52. The van der Waals surface area contributed by atoms with Crippen LogP contribution in [0.5, 0.6) is 0 Å². The molecule has 42 heavy (non-hydrogen) atoms. The van der Waals surface area contributed by atoms with Gasteiger partial charge in [0, 0.05) is 45.0 Å². The standard InChI is InChI=1S/C32H44N4O6/c1-5-14-34(17-16-33-18-20-41-21-19-33)30(40)27-32-13-12-31(4,42-32)25(26(32)29(39)36(27)23(3)22-37)28(38)35(15-6-2)24-10-8-7-9-11-24/h5-11,23,25-27,37H,1-2,12-22H2,3-4H3/t23-,25-,26+,27?,31+,32?/m1/s1. The van der Waals surface area contributed by atoms with Gasteiger partial charge in [0.2, 0.25) is 17.7 Å². The summed E-state index contributed by atoms with van der Waals surface area (Å²) in [6, 6.07) is 7.76. The Kier molecular flexibility index (Phi) is 8.89. The number of para-hydroxylation sites is 1. The van der Waals surface area contributed by atoms with Crippen molar-refractivity contribution in [3.63, 3.8) is 0 Å². The van der Waals surface area contributed by atoms with E-state index in [1.54, 1.807) is 28.9 Å². The van der Waals surface area contributed by atoms with Crippen molar-refractivity contribution in [3.05, 3.63) is 55.6 Å². The third-order valence-corrected chi connectivity index (χ3v) is 9.55. The summed E-state index contributed by atoms with van der Waals surface area (Å²) >= 11 is 0. The topological polar surface area (TPSA) is 103 Å². The van der Waals surface area contributed by atoms with Crippen LogP contribution in [0.3, 0.4) is 0 Å². The summed E-state index contributed by atoms with van der Waals surface area (Å²) in [5.74, 6) is -2.39. The number of morpholine rings is 1. The van der Waals surface area contributed by atoms with Gasteiger partial charge in [-0.1, -0.05) is 30.4 Å². The highest BCUT2D eigenvalue weighted by atomic mass is 16.5. The molecule has 4 fully saturated rings. The van der Waals surface area contributed by atoms with Crippen molar-refractivity contribution in [1.82, 2.24) is 14.7 Å². The van der Waals surface area contributed by atoms with Crippen molar-refractivity contribution in [1.29, 1.82) is 0 Å². The van der Waals surface area contributed by atoms with Gasteiger partial charge in [0.15, 0.2) is 0 Å². The Hall–Kier alpha value is -3.05. The maximum Gasteiger partial charge on any atom is 0.248 e. The lowest BCUT2D eigenvalue weighted by molar-refractivity contribution is -0.154. The molecule has 1 aromatic carbocycles. The van der Waals surface area contributed by atoms with E-state index in [0.29, 0.717) is 51.4 Å². The molecule has 4 heterocycles. The van der Waals surface area contributed by atoms with Gasteiger partial charge in [0.05, 0.1) is 43.3 Å². The Balaban J connectivity index is 1.50. The SMILES string of the molecule is C=CCN(CCN1CCOCC1)C(=O)C1N([C@H](C)CO)C(=O)[C@@H]2[C@H](C(=O)N(CC=C)c3ccccc3)[C@]3(C)CCC12O3. The minimum absolute atomic E-state index is 0.219. The summed E-state index contributed by atoms with van der Waals surface area (Å²) < 4.78 is 12.3. The zero-order valence-corrected chi connectivity index (χ0v) is 24.8. The van der Waals surface area contributed by atoms with Crippen LogP contribution in [-0.2, 0) is 23.9 Å². The number of likely N-dealkylation sites (tertiary alicyclic amines) is 1. The van der Waals surface area contributed by atoms with E-state index in [4.69, 9.17) is 9.47 Å². The molecule has 4 saturated heterocycles. The van der Waals surface area contributed by atoms with E-state index in [1.165, 1.54) is 4.90 Å². The van der Waals surface area contributed by atoms with E-state index in [9.17, 15) is 19.5 Å². The predicted octanol–water partition coefficient (Wildman–Crippen LogP) is 1.70. The summed E-state index contributed by atoms with van der Waals surface area (Å²) in [7, 11) is 0. The van der Waals surface area contributed by atoms with Gasteiger partial charge in [-0.05, 0) is 38.8 Å². The molecule has 1 N–H and O–H groups in total. The first-order valence-corrected chi connectivity index (χ1v) is 15.0. The molecule has 0 aliphatic carbocycles. The predicted molar refractivity (Wildman–Crippen MR) is 159 cm³/mol. The summed E-state index contributed by atoms with van der Waals surface area (Å²) in [6.07, 6.45) is 4.38. The van der Waals surface area contributed by atoms with Crippen LogP contribution in [0.1, 0.15) is 26.7 Å². The molecule has 1 aromatic rings. The fourth-order valence-corrected chi connectivity index (χ4v) is 7.52. The van der Waals surface area contributed by atoms with Gasteiger partial charge in [-0.15, -0.1) is 13.2 Å². The molecule has 6 atom stereocenters. The number of aliphatic hydroxyl groups is 1. The quantitative estimate of drug-likeness (QED) is 0.376. The van der Waals surface area contributed by atoms with E-state index in [-0.39, 0.29) is 30.9 Å². The monoisotopic (exact) mass is 580 g/mol. The summed E-state index contributed by atoms with van der Waals surface area (Å²) in [4.78, 5) is 50.4. The van der Waals surface area contributed by atoms with E-state index in [1.807, 2.05) is 37.3 Å². The molecule has 2 unspecified atom stereocenters. The Bertz CT molecular complexity index is 1190. The first kappa shape index (κ1) is 30.4. The first-order chi connectivity index (χ1) is 20.2. The van der Waals surface area contributed by atoms with Crippen LogP contribution < -0.4 is 4.90 Å². The highest BCUT2D eigenvalue weighted by molar-refractivity contribution is 6.03. The molecule has 1 spiro atoms. The third kappa shape index (κ3) is 5.08. The highest BCUT2D eigenvalue weighted by Gasteiger charge is 2.78. The van der Waals surface area contributed by atoms with Gasteiger partial charge in [-0.3, -0.25) is 19.3 Å². The normalized spacial score (nSPS) is 31.1. The Labute approximate surface area is 248 Å². The lowest BCUT2D eigenvalue weighted by Crippen LogP contribution is -2.59. The van der Waals surface area contributed by atoms with Gasteiger partial charge >= 0.3 is 0 Å². The minimum Gasteiger partial charge on any atom is -0.394 e. The Morgan fingerprint density at radius 1 is 1.12 bits per heavy atom. The van der Waals surface area contributed by atoms with Gasteiger partial charge in [-0.25, -0.2) is 0 Å². The molecule has 0 radical (unpaired) electrons. The average molecular weight is 581 g/mol. The molecule has 0 saturated carbocycles. The molecule has 4 aliphatic heterocycles. The van der Waals surface area contributed by atoms with Crippen LogP contribution in [0.2, 0.25) is 0 Å². The maximum absolute atomic E-state index is 14.5. The molecule has 10 nitrogen and oxygen atoms in total. The highest BCUT2D eigenvalue weighted by Crippen LogP contribution is 2.64. The van der Waals surface area contributed by atoms with Crippen molar-refractivity contribution in [2.75, 3.05) is 64.0 Å². The van der Waals surface area contributed by atoms with Crippen molar-refractivity contribution < 1.29 is 29.0 Å². The number of benzene rings is 1. The van der Waals surface area contributed by atoms with Gasteiger partial charge in [0.25, 0.3) is 0 Å². The molecule has 0 aromatic heterocycles. The van der Waals surface area contributed by atoms with Crippen molar-refractivity contribution in [2.24, 2.45) is 11.8 Å². The summed E-state index contributed by atoms with van der Waals surface area (Å²) in [5, 5.41) is 10.2. The zero-order chi connectivity index (χ0) is 30.1. The van der Waals surface area contributed by atoms with Gasteiger partial charge in [0.1, 0.15) is 11.6 Å². The smallest absolute Gasteiger partial charge is 0.248 e. The van der Waals surface area contributed by atoms with Crippen LogP contribution in [0, 0.1) is 11.8 Å². The van der Waals surface area contributed by atoms with E-state index < -0.39 is 35.1 Å². The second kappa shape index (κ2) is 12.3. The Morgan fingerprint density at radius 2 is 1.81 bits per heavy atom. The van der Waals surface area contributed by atoms with Gasteiger partial charge < -0.3 is 29.3 Å². The molecule has 3 amide bonds. The second-order valence-electron chi connectivity index (χ2n) is 12.1. The first-order valence-electron chi connectivity index (χ1n) is 15.0. The van der Waals surface area contributed by atoms with Crippen molar-refractivity contribution in [2.45, 2.75) is 50.0 Å². The molecular formula is C32H44N4O6. The number of hydrogen-bond donors (Lipinski definition) is 1. The van der Waals surface area contributed by atoms with E-state index in [2.05, 4.69) is 18.1 Å². The number of ether oxygens (including phenoxy) is 2. The number of nitrogens with zero attached hydrogens (tertiary/aromatic N) is 4. The number of hydrogen-bond acceptors (Lipinski definition) is 7. The molecular weight excluding hydrogens is 536 g/mol. The van der Waals surface area contributed by atoms with Gasteiger partial charge in [-0.2, -0.15) is 0 Å². The number of amides is 3. The zero-order valence-electron chi connectivity index (χ0n) is 24.8. The molecule has 5 rings (SSSR count). The lowest BCUT2D eigenvalue weighted by atomic mass is 9.66. The van der Waals surface area contributed by atoms with Crippen molar-refractivity contribution >= 4 is 23.4 Å². The molecule has 10 heteroatoms. The van der Waals surface area contributed by atoms with Crippen LogP contribution in [0.25, 0.3) is 0 Å². The summed E-state index contributed by atoms with van der Waals surface area (Å²) in [5.41, 5.74) is -1.36. The second-order valence-corrected chi connectivity index (χ2v) is 12.1. The number of carbonyl (C=O) groups excluding carboxylic acids is 3. The third-order valence-electron chi connectivity index (χ3n) is 9.55. The Morgan fingerprint density at radius 3 is 2.45 bits per heavy atom. The van der Waals surface area contributed by atoms with Crippen LogP contribution in [0.4, 0.5) is 5.69 Å². The van der Waals surface area contributed by atoms with Crippen LogP contribution in [-0.4, -0.2) is 120 Å². The number of carbonyl (C=O) groups is 3. The molecule has 228 valence electrons.